The quantitative estimate of drug-likeness (QED) is 0.877. The number of ether oxygens (including phenoxy) is 1. The van der Waals surface area contributed by atoms with Crippen molar-refractivity contribution in [2.75, 3.05) is 19.8 Å². The molecule has 112 valence electrons. The standard InChI is InChI=1S/C15H24N2O2S/c1-11(14-4-3-9-20-14)10-16-15(18)17-12(2)13-5-7-19-8-6-13/h3-4,9,11-13H,5-8,10H2,1-2H3,(H2,16,17,18)/t11-,12-/m0/s1. The Balaban J connectivity index is 1.69. The molecule has 2 amide bonds. The number of thiophene rings is 1. The maximum absolute atomic E-state index is 11.9. The van der Waals surface area contributed by atoms with E-state index in [-0.39, 0.29) is 12.1 Å². The minimum absolute atomic E-state index is 0.0626. The van der Waals surface area contributed by atoms with Crippen LogP contribution in [0.3, 0.4) is 0 Å². The number of nitrogens with one attached hydrogen (secondary N) is 2. The number of hydrogen-bond donors (Lipinski definition) is 2. The second-order valence-electron chi connectivity index (χ2n) is 5.51. The van der Waals surface area contributed by atoms with Crippen LogP contribution in [0.2, 0.25) is 0 Å². The number of carbonyl (C=O) groups is 1. The molecule has 1 saturated heterocycles. The van der Waals surface area contributed by atoms with E-state index in [4.69, 9.17) is 4.74 Å². The minimum Gasteiger partial charge on any atom is -0.381 e. The Labute approximate surface area is 124 Å². The largest absolute Gasteiger partial charge is 0.381 e. The van der Waals surface area contributed by atoms with Crippen LogP contribution in [-0.2, 0) is 4.74 Å². The molecule has 1 aliphatic rings. The van der Waals surface area contributed by atoms with Gasteiger partial charge in [-0.15, -0.1) is 11.3 Å². The molecule has 20 heavy (non-hydrogen) atoms. The monoisotopic (exact) mass is 296 g/mol. The molecular weight excluding hydrogens is 272 g/mol. The van der Waals surface area contributed by atoms with Gasteiger partial charge in [0.15, 0.2) is 0 Å². The van der Waals surface area contributed by atoms with Gasteiger partial charge in [0.25, 0.3) is 0 Å². The van der Waals surface area contributed by atoms with Gasteiger partial charge in [-0.3, -0.25) is 0 Å². The Hall–Kier alpha value is -1.07. The van der Waals surface area contributed by atoms with E-state index in [2.05, 4.69) is 35.9 Å². The summed E-state index contributed by atoms with van der Waals surface area (Å²) in [6.07, 6.45) is 2.07. The highest BCUT2D eigenvalue weighted by Gasteiger charge is 2.21. The zero-order valence-electron chi connectivity index (χ0n) is 12.2. The van der Waals surface area contributed by atoms with Crippen molar-refractivity contribution < 1.29 is 9.53 Å². The summed E-state index contributed by atoms with van der Waals surface area (Å²) in [5.74, 6) is 0.892. The Morgan fingerprint density at radius 3 is 2.85 bits per heavy atom. The molecule has 0 radical (unpaired) electrons. The lowest BCUT2D eigenvalue weighted by Crippen LogP contribution is -2.46. The summed E-state index contributed by atoms with van der Waals surface area (Å²) in [6.45, 7) is 6.51. The molecule has 2 N–H and O–H groups in total. The first-order valence-corrected chi connectivity index (χ1v) is 8.20. The first-order chi connectivity index (χ1) is 9.66. The molecule has 2 heterocycles. The molecule has 4 nitrogen and oxygen atoms in total. The Kier molecular flexibility index (Phi) is 5.86. The minimum atomic E-state index is -0.0626. The van der Waals surface area contributed by atoms with Gasteiger partial charge in [-0.25, -0.2) is 4.79 Å². The Bertz CT molecular complexity index is 402. The van der Waals surface area contributed by atoms with Gasteiger partial charge >= 0.3 is 6.03 Å². The molecule has 0 aliphatic carbocycles. The van der Waals surface area contributed by atoms with Gasteiger partial charge in [-0.1, -0.05) is 13.0 Å². The van der Waals surface area contributed by atoms with Crippen LogP contribution in [0.4, 0.5) is 4.79 Å². The van der Waals surface area contributed by atoms with Crippen LogP contribution < -0.4 is 10.6 Å². The first kappa shape index (κ1) is 15.3. The summed E-state index contributed by atoms with van der Waals surface area (Å²) in [7, 11) is 0. The Morgan fingerprint density at radius 1 is 1.45 bits per heavy atom. The summed E-state index contributed by atoms with van der Waals surface area (Å²) in [6, 6.07) is 4.30. The van der Waals surface area contributed by atoms with E-state index in [1.807, 2.05) is 6.07 Å². The SMILES string of the molecule is C[C@H](NC(=O)NC[C@H](C)c1cccs1)C1CCOCC1. The van der Waals surface area contributed by atoms with E-state index >= 15 is 0 Å². The second kappa shape index (κ2) is 7.64. The number of carbonyl (C=O) groups excluding carboxylic acids is 1. The third-order valence-corrected chi connectivity index (χ3v) is 5.03. The van der Waals surface area contributed by atoms with Crippen LogP contribution in [0.5, 0.6) is 0 Å². The van der Waals surface area contributed by atoms with Crippen LogP contribution in [0.15, 0.2) is 17.5 Å². The van der Waals surface area contributed by atoms with Gasteiger partial charge in [0.05, 0.1) is 0 Å². The zero-order chi connectivity index (χ0) is 14.4. The molecule has 0 unspecified atom stereocenters. The number of rotatable bonds is 5. The summed E-state index contributed by atoms with van der Waals surface area (Å²) in [4.78, 5) is 13.2. The molecule has 0 bridgehead atoms. The second-order valence-corrected chi connectivity index (χ2v) is 6.49. The average Bonchev–Trinajstić information content (AvgIpc) is 3.00. The highest BCUT2D eigenvalue weighted by molar-refractivity contribution is 7.10. The maximum Gasteiger partial charge on any atom is 0.315 e. The van der Waals surface area contributed by atoms with Crippen molar-refractivity contribution in [3.8, 4) is 0 Å². The van der Waals surface area contributed by atoms with Gasteiger partial charge in [0, 0.05) is 36.6 Å². The average molecular weight is 296 g/mol. The molecule has 0 spiro atoms. The van der Waals surface area contributed by atoms with Gasteiger partial charge < -0.3 is 15.4 Å². The summed E-state index contributed by atoms with van der Waals surface area (Å²) >= 11 is 1.73. The van der Waals surface area contributed by atoms with E-state index < -0.39 is 0 Å². The maximum atomic E-state index is 11.9. The van der Waals surface area contributed by atoms with Crippen LogP contribution in [0.25, 0.3) is 0 Å². The normalized spacial score (nSPS) is 19.3. The molecule has 1 aromatic rings. The molecule has 5 heteroatoms. The van der Waals surface area contributed by atoms with Crippen LogP contribution in [-0.4, -0.2) is 31.8 Å². The van der Waals surface area contributed by atoms with Crippen LogP contribution >= 0.6 is 11.3 Å². The summed E-state index contributed by atoms with van der Waals surface area (Å²) in [5.41, 5.74) is 0. The smallest absolute Gasteiger partial charge is 0.315 e. The highest BCUT2D eigenvalue weighted by atomic mass is 32.1. The van der Waals surface area contributed by atoms with E-state index in [9.17, 15) is 4.79 Å². The molecule has 2 atom stereocenters. The van der Waals surface area contributed by atoms with Crippen molar-refractivity contribution in [3.63, 3.8) is 0 Å². The zero-order valence-corrected chi connectivity index (χ0v) is 13.0. The first-order valence-electron chi connectivity index (χ1n) is 7.32. The van der Waals surface area contributed by atoms with E-state index in [1.54, 1.807) is 11.3 Å². The highest BCUT2D eigenvalue weighted by Crippen LogP contribution is 2.20. The topological polar surface area (TPSA) is 50.4 Å². The van der Waals surface area contributed by atoms with Crippen molar-refractivity contribution in [1.29, 1.82) is 0 Å². The van der Waals surface area contributed by atoms with Gasteiger partial charge in [-0.05, 0) is 37.1 Å². The molecule has 2 rings (SSSR count). The van der Waals surface area contributed by atoms with Gasteiger partial charge in [0.2, 0.25) is 0 Å². The van der Waals surface area contributed by atoms with Crippen LogP contribution in [0.1, 0.15) is 37.5 Å². The van der Waals surface area contributed by atoms with E-state index in [0.29, 0.717) is 18.4 Å². The van der Waals surface area contributed by atoms with Crippen molar-refractivity contribution in [2.45, 2.75) is 38.6 Å². The molecule has 1 aromatic heterocycles. The number of urea groups is 1. The fourth-order valence-corrected chi connectivity index (χ4v) is 3.30. The van der Waals surface area contributed by atoms with Crippen molar-refractivity contribution in [2.24, 2.45) is 5.92 Å². The van der Waals surface area contributed by atoms with E-state index in [1.165, 1.54) is 4.88 Å². The lowest BCUT2D eigenvalue weighted by molar-refractivity contribution is 0.0571. The molecular formula is C15H24N2O2S. The Morgan fingerprint density at radius 2 is 2.20 bits per heavy atom. The van der Waals surface area contributed by atoms with Gasteiger partial charge in [0.1, 0.15) is 0 Å². The van der Waals surface area contributed by atoms with Crippen molar-refractivity contribution in [1.82, 2.24) is 10.6 Å². The number of amides is 2. The molecule has 1 fully saturated rings. The predicted octanol–water partition coefficient (Wildman–Crippen LogP) is 2.97. The van der Waals surface area contributed by atoms with Crippen LogP contribution in [0, 0.1) is 5.92 Å². The van der Waals surface area contributed by atoms with E-state index in [0.717, 1.165) is 26.1 Å². The van der Waals surface area contributed by atoms with Crippen molar-refractivity contribution in [3.05, 3.63) is 22.4 Å². The fourth-order valence-electron chi connectivity index (χ4n) is 2.51. The third kappa shape index (κ3) is 4.49. The fraction of sp³-hybridized carbons (Fsp3) is 0.667. The lowest BCUT2D eigenvalue weighted by atomic mass is 9.93. The molecule has 0 saturated carbocycles. The summed E-state index contributed by atoms with van der Waals surface area (Å²) < 4.78 is 5.35. The predicted molar refractivity (Wildman–Crippen MR) is 82.3 cm³/mol. The van der Waals surface area contributed by atoms with Crippen molar-refractivity contribution >= 4 is 17.4 Å². The molecule has 0 aromatic carbocycles. The number of hydrogen-bond acceptors (Lipinski definition) is 3. The lowest BCUT2D eigenvalue weighted by Gasteiger charge is -2.28. The molecule has 1 aliphatic heterocycles. The van der Waals surface area contributed by atoms with Gasteiger partial charge in [-0.2, -0.15) is 0 Å². The summed E-state index contributed by atoms with van der Waals surface area (Å²) in [5, 5.41) is 8.08. The third-order valence-electron chi connectivity index (χ3n) is 3.93.